The maximum Gasteiger partial charge on any atom is 0.0841 e. The number of hydrogen-bond donors (Lipinski definition) is 1. The Hall–Kier alpha value is 0.230. The van der Waals surface area contributed by atoms with E-state index < -0.39 is 0 Å². The van der Waals surface area contributed by atoms with Crippen molar-refractivity contribution in [1.82, 2.24) is 5.32 Å². The van der Waals surface area contributed by atoms with Crippen molar-refractivity contribution in [2.75, 3.05) is 31.3 Å². The highest BCUT2D eigenvalue weighted by atomic mass is 32.2. The SMILES string of the molecule is CCCNC(COC(C)C)C1CSCCO1. The summed E-state index contributed by atoms with van der Waals surface area (Å²) >= 11 is 1.98. The molecule has 1 heterocycles. The standard InChI is InChI=1S/C12H25NO2S/c1-4-5-13-11(8-15-10(2)3)12-9-16-7-6-14-12/h10-13H,4-9H2,1-3H3. The van der Waals surface area contributed by atoms with Gasteiger partial charge < -0.3 is 14.8 Å². The first-order valence-corrected chi connectivity index (χ1v) is 7.43. The lowest BCUT2D eigenvalue weighted by Crippen LogP contribution is -2.48. The summed E-state index contributed by atoms with van der Waals surface area (Å²) in [6.45, 7) is 9.01. The Morgan fingerprint density at radius 3 is 2.88 bits per heavy atom. The number of rotatable bonds is 7. The quantitative estimate of drug-likeness (QED) is 0.744. The lowest BCUT2D eigenvalue weighted by Gasteiger charge is -2.31. The molecule has 96 valence electrons. The molecule has 2 unspecified atom stereocenters. The Kier molecular flexibility index (Phi) is 7.45. The van der Waals surface area contributed by atoms with E-state index in [1.807, 2.05) is 11.8 Å². The lowest BCUT2D eigenvalue weighted by atomic mass is 10.2. The fourth-order valence-electron chi connectivity index (χ4n) is 1.66. The second-order valence-corrected chi connectivity index (χ2v) is 5.58. The summed E-state index contributed by atoms with van der Waals surface area (Å²) in [5, 5.41) is 3.53. The number of thioether (sulfide) groups is 1. The van der Waals surface area contributed by atoms with Gasteiger partial charge in [-0.05, 0) is 26.8 Å². The molecule has 0 aromatic heterocycles. The largest absolute Gasteiger partial charge is 0.377 e. The van der Waals surface area contributed by atoms with Crippen LogP contribution >= 0.6 is 11.8 Å². The summed E-state index contributed by atoms with van der Waals surface area (Å²) in [7, 11) is 0. The van der Waals surface area contributed by atoms with E-state index in [-0.39, 0.29) is 0 Å². The van der Waals surface area contributed by atoms with Gasteiger partial charge in [-0.3, -0.25) is 0 Å². The van der Waals surface area contributed by atoms with Gasteiger partial charge in [-0.2, -0.15) is 11.8 Å². The zero-order chi connectivity index (χ0) is 11.8. The third-order valence-corrected chi connectivity index (χ3v) is 3.58. The molecule has 1 fully saturated rings. The van der Waals surface area contributed by atoms with Gasteiger partial charge in [-0.1, -0.05) is 6.92 Å². The van der Waals surface area contributed by atoms with Crippen LogP contribution < -0.4 is 5.32 Å². The second kappa shape index (κ2) is 8.34. The van der Waals surface area contributed by atoms with Gasteiger partial charge in [-0.25, -0.2) is 0 Å². The van der Waals surface area contributed by atoms with E-state index in [9.17, 15) is 0 Å². The maximum atomic E-state index is 5.81. The minimum Gasteiger partial charge on any atom is -0.377 e. The van der Waals surface area contributed by atoms with Crippen molar-refractivity contribution in [2.45, 2.75) is 45.4 Å². The molecular formula is C12H25NO2S. The summed E-state index contributed by atoms with van der Waals surface area (Å²) in [4.78, 5) is 0. The molecule has 16 heavy (non-hydrogen) atoms. The zero-order valence-corrected chi connectivity index (χ0v) is 11.5. The van der Waals surface area contributed by atoms with Crippen LogP contribution in [0.25, 0.3) is 0 Å². The van der Waals surface area contributed by atoms with Crippen LogP contribution in [-0.2, 0) is 9.47 Å². The van der Waals surface area contributed by atoms with Crippen molar-refractivity contribution >= 4 is 11.8 Å². The monoisotopic (exact) mass is 247 g/mol. The fourth-order valence-corrected chi connectivity index (χ4v) is 2.60. The van der Waals surface area contributed by atoms with Crippen molar-refractivity contribution in [3.05, 3.63) is 0 Å². The maximum absolute atomic E-state index is 5.81. The molecule has 0 spiro atoms. The molecule has 4 heteroatoms. The normalized spacial score (nSPS) is 23.6. The van der Waals surface area contributed by atoms with Gasteiger partial charge in [0.25, 0.3) is 0 Å². The Morgan fingerprint density at radius 2 is 2.31 bits per heavy atom. The van der Waals surface area contributed by atoms with Gasteiger partial charge in [0.15, 0.2) is 0 Å². The van der Waals surface area contributed by atoms with Crippen molar-refractivity contribution in [3.63, 3.8) is 0 Å². The van der Waals surface area contributed by atoms with E-state index >= 15 is 0 Å². The minimum atomic E-state index is 0.294. The molecule has 1 rings (SSSR count). The predicted molar refractivity (Wildman–Crippen MR) is 70.2 cm³/mol. The minimum absolute atomic E-state index is 0.294. The van der Waals surface area contributed by atoms with Gasteiger partial charge in [0.2, 0.25) is 0 Å². The summed E-state index contributed by atoms with van der Waals surface area (Å²) in [6, 6.07) is 0.343. The van der Waals surface area contributed by atoms with Gasteiger partial charge in [0.05, 0.1) is 31.5 Å². The van der Waals surface area contributed by atoms with E-state index in [0.717, 1.165) is 37.7 Å². The van der Waals surface area contributed by atoms with E-state index in [1.54, 1.807) is 0 Å². The average Bonchev–Trinajstić information content (AvgIpc) is 2.30. The van der Waals surface area contributed by atoms with Crippen LogP contribution in [0.15, 0.2) is 0 Å². The van der Waals surface area contributed by atoms with E-state index in [4.69, 9.17) is 9.47 Å². The van der Waals surface area contributed by atoms with Crippen molar-refractivity contribution < 1.29 is 9.47 Å². The Bertz CT molecular complexity index is 172. The highest BCUT2D eigenvalue weighted by molar-refractivity contribution is 7.99. The summed E-state index contributed by atoms with van der Waals surface area (Å²) in [6.07, 6.45) is 1.75. The molecule has 2 atom stereocenters. The zero-order valence-electron chi connectivity index (χ0n) is 10.7. The van der Waals surface area contributed by atoms with Crippen LogP contribution in [0.5, 0.6) is 0 Å². The van der Waals surface area contributed by atoms with Crippen LogP contribution in [0.3, 0.4) is 0 Å². The Morgan fingerprint density at radius 1 is 1.50 bits per heavy atom. The Labute approximate surface area is 104 Å². The summed E-state index contributed by atoms with van der Waals surface area (Å²) in [5.41, 5.74) is 0. The average molecular weight is 247 g/mol. The first-order valence-electron chi connectivity index (χ1n) is 6.28. The number of ether oxygens (including phenoxy) is 2. The molecular weight excluding hydrogens is 222 g/mol. The van der Waals surface area contributed by atoms with E-state index in [0.29, 0.717) is 18.2 Å². The molecule has 1 saturated heterocycles. The number of hydrogen-bond acceptors (Lipinski definition) is 4. The first kappa shape index (κ1) is 14.3. The molecule has 1 aliphatic rings. The van der Waals surface area contributed by atoms with Crippen molar-refractivity contribution in [3.8, 4) is 0 Å². The third kappa shape index (κ3) is 5.53. The Balaban J connectivity index is 2.34. The van der Waals surface area contributed by atoms with Crippen LogP contribution in [0.2, 0.25) is 0 Å². The molecule has 3 nitrogen and oxygen atoms in total. The summed E-state index contributed by atoms with van der Waals surface area (Å²) < 4.78 is 11.5. The molecule has 0 aromatic carbocycles. The molecule has 0 radical (unpaired) electrons. The van der Waals surface area contributed by atoms with E-state index in [2.05, 4.69) is 26.1 Å². The van der Waals surface area contributed by atoms with Crippen molar-refractivity contribution in [1.29, 1.82) is 0 Å². The molecule has 0 aliphatic carbocycles. The van der Waals surface area contributed by atoms with Gasteiger partial charge in [-0.15, -0.1) is 0 Å². The molecule has 0 aromatic rings. The summed E-state index contributed by atoms with van der Waals surface area (Å²) in [5.74, 6) is 2.21. The lowest BCUT2D eigenvalue weighted by molar-refractivity contribution is -0.00553. The number of nitrogens with one attached hydrogen (secondary N) is 1. The highest BCUT2D eigenvalue weighted by Crippen LogP contribution is 2.16. The first-order chi connectivity index (χ1) is 7.74. The van der Waals surface area contributed by atoms with Crippen LogP contribution in [0, 0.1) is 0 Å². The van der Waals surface area contributed by atoms with E-state index in [1.165, 1.54) is 0 Å². The molecule has 1 N–H and O–H groups in total. The van der Waals surface area contributed by atoms with Crippen LogP contribution in [0.4, 0.5) is 0 Å². The molecule has 0 saturated carbocycles. The second-order valence-electron chi connectivity index (χ2n) is 4.43. The van der Waals surface area contributed by atoms with Gasteiger partial charge >= 0.3 is 0 Å². The smallest absolute Gasteiger partial charge is 0.0841 e. The molecule has 0 bridgehead atoms. The topological polar surface area (TPSA) is 30.5 Å². The fraction of sp³-hybridized carbons (Fsp3) is 1.00. The molecule has 0 amide bonds. The highest BCUT2D eigenvalue weighted by Gasteiger charge is 2.24. The predicted octanol–water partition coefficient (Wildman–Crippen LogP) is 1.91. The van der Waals surface area contributed by atoms with Crippen molar-refractivity contribution in [2.24, 2.45) is 0 Å². The van der Waals surface area contributed by atoms with Gasteiger partial charge in [0, 0.05) is 11.5 Å². The van der Waals surface area contributed by atoms with Crippen LogP contribution in [-0.4, -0.2) is 49.5 Å². The third-order valence-electron chi connectivity index (χ3n) is 2.56. The van der Waals surface area contributed by atoms with Gasteiger partial charge in [0.1, 0.15) is 0 Å². The molecule has 1 aliphatic heterocycles. The van der Waals surface area contributed by atoms with Crippen LogP contribution in [0.1, 0.15) is 27.2 Å².